The molecule has 1 aromatic heterocycles. The largest absolute Gasteiger partial charge is 0.465 e. The van der Waals surface area contributed by atoms with Gasteiger partial charge < -0.3 is 25.0 Å². The molecule has 0 bridgehead atoms. The minimum absolute atomic E-state index is 0.113. The van der Waals surface area contributed by atoms with Crippen LogP contribution in [0, 0.1) is 10.1 Å². The SMILES string of the molecule is CCC(Sc1cccc(NC(=O)c2ccc([N+](=O)[O-])cc2)c1)C(=O)Nc1sc2c(c1C(=O)OC)CCN(C(=O)OC(C)(C)C)C2. The molecule has 1 atom stereocenters. The smallest absolute Gasteiger partial charge is 0.410 e. The van der Waals surface area contributed by atoms with E-state index in [0.29, 0.717) is 35.6 Å². The molecular formula is C31H34N4O8S2. The Morgan fingerprint density at radius 2 is 1.82 bits per heavy atom. The van der Waals surface area contributed by atoms with Crippen LogP contribution in [-0.2, 0) is 27.2 Å². The number of amides is 3. The molecule has 0 spiro atoms. The molecule has 2 heterocycles. The Balaban J connectivity index is 1.47. The van der Waals surface area contributed by atoms with E-state index in [9.17, 15) is 29.3 Å². The van der Waals surface area contributed by atoms with Crippen molar-refractivity contribution in [2.24, 2.45) is 0 Å². The van der Waals surface area contributed by atoms with Gasteiger partial charge in [-0.15, -0.1) is 23.1 Å². The van der Waals surface area contributed by atoms with Gasteiger partial charge in [0.15, 0.2) is 0 Å². The maximum Gasteiger partial charge on any atom is 0.410 e. The minimum Gasteiger partial charge on any atom is -0.465 e. The third-order valence-corrected chi connectivity index (χ3v) is 9.20. The standard InChI is InChI=1S/C31H34N4O8S2/c1-6-23(44-21-9-7-8-19(16-21)32-26(36)18-10-12-20(13-11-18)35(40)41)27(37)33-28-25(29(38)42-5)22-14-15-34(17-24(22)45-28)30(39)43-31(2,3)4/h7-13,16,23H,6,14-15,17H2,1-5H3,(H,32,36)(H,33,37). The Morgan fingerprint density at radius 3 is 2.44 bits per heavy atom. The van der Waals surface area contributed by atoms with Crippen LogP contribution in [0.15, 0.2) is 53.4 Å². The van der Waals surface area contributed by atoms with Gasteiger partial charge >= 0.3 is 12.1 Å². The van der Waals surface area contributed by atoms with E-state index in [1.165, 1.54) is 54.5 Å². The van der Waals surface area contributed by atoms with Crippen LogP contribution < -0.4 is 10.6 Å². The maximum absolute atomic E-state index is 13.5. The number of carbonyl (C=O) groups excluding carboxylic acids is 4. The number of thioether (sulfide) groups is 1. The number of nitro groups is 1. The average Bonchev–Trinajstić information content (AvgIpc) is 3.35. The number of hydrogen-bond donors (Lipinski definition) is 2. The van der Waals surface area contributed by atoms with Crippen LogP contribution in [0.4, 0.5) is 21.2 Å². The number of esters is 1. The van der Waals surface area contributed by atoms with E-state index in [0.717, 1.165) is 15.3 Å². The Hall–Kier alpha value is -4.43. The van der Waals surface area contributed by atoms with E-state index in [1.54, 1.807) is 43.9 Å². The second-order valence-electron chi connectivity index (χ2n) is 11.1. The van der Waals surface area contributed by atoms with Crippen molar-refractivity contribution in [3.63, 3.8) is 0 Å². The predicted octanol–water partition coefficient (Wildman–Crippen LogP) is 6.50. The van der Waals surface area contributed by atoms with Crippen LogP contribution in [0.1, 0.15) is 65.3 Å². The number of nitro benzene ring substituents is 1. The number of rotatable bonds is 9. The molecule has 2 N–H and O–H groups in total. The lowest BCUT2D eigenvalue weighted by Gasteiger charge is -2.30. The summed E-state index contributed by atoms with van der Waals surface area (Å²) in [4.78, 5) is 65.1. The molecule has 0 radical (unpaired) electrons. The average molecular weight is 655 g/mol. The van der Waals surface area contributed by atoms with Gasteiger partial charge in [0.05, 0.1) is 29.4 Å². The molecule has 2 aromatic carbocycles. The molecule has 12 nitrogen and oxygen atoms in total. The van der Waals surface area contributed by atoms with Crippen LogP contribution >= 0.6 is 23.1 Å². The molecule has 14 heteroatoms. The maximum atomic E-state index is 13.5. The lowest BCUT2D eigenvalue weighted by atomic mass is 10.0. The summed E-state index contributed by atoms with van der Waals surface area (Å²) in [5.74, 6) is -1.31. The van der Waals surface area contributed by atoms with E-state index in [2.05, 4.69) is 10.6 Å². The second kappa shape index (κ2) is 14.1. The number of benzene rings is 2. The van der Waals surface area contributed by atoms with Crippen molar-refractivity contribution in [2.75, 3.05) is 24.3 Å². The number of fused-ring (bicyclic) bond motifs is 1. The van der Waals surface area contributed by atoms with Crippen molar-refractivity contribution in [3.8, 4) is 0 Å². The summed E-state index contributed by atoms with van der Waals surface area (Å²) in [7, 11) is 1.28. The second-order valence-corrected chi connectivity index (χ2v) is 13.5. The molecule has 3 amide bonds. The lowest BCUT2D eigenvalue weighted by Crippen LogP contribution is -2.39. The Morgan fingerprint density at radius 1 is 1.11 bits per heavy atom. The van der Waals surface area contributed by atoms with Crippen LogP contribution in [0.3, 0.4) is 0 Å². The van der Waals surface area contributed by atoms with Crippen molar-refractivity contribution < 1.29 is 33.6 Å². The molecule has 45 heavy (non-hydrogen) atoms. The van der Waals surface area contributed by atoms with Crippen LogP contribution in [0.2, 0.25) is 0 Å². The predicted molar refractivity (Wildman–Crippen MR) is 172 cm³/mol. The monoisotopic (exact) mass is 654 g/mol. The van der Waals surface area contributed by atoms with Gasteiger partial charge in [-0.2, -0.15) is 0 Å². The van der Waals surface area contributed by atoms with Crippen LogP contribution in [-0.4, -0.2) is 58.2 Å². The summed E-state index contributed by atoms with van der Waals surface area (Å²) < 4.78 is 10.6. The number of methoxy groups -OCH3 is 1. The summed E-state index contributed by atoms with van der Waals surface area (Å²) in [6.45, 7) is 7.87. The number of hydrogen-bond acceptors (Lipinski definition) is 10. The van der Waals surface area contributed by atoms with E-state index >= 15 is 0 Å². The first kappa shape index (κ1) is 33.5. The molecule has 238 valence electrons. The molecule has 0 aliphatic carbocycles. The highest BCUT2D eigenvalue weighted by atomic mass is 32.2. The Labute approximate surface area is 268 Å². The van der Waals surface area contributed by atoms with Gasteiger partial charge in [0.1, 0.15) is 10.6 Å². The normalized spacial score (nSPS) is 13.3. The molecule has 4 rings (SSSR count). The lowest BCUT2D eigenvalue weighted by molar-refractivity contribution is -0.384. The highest BCUT2D eigenvalue weighted by Crippen LogP contribution is 2.39. The zero-order valence-electron chi connectivity index (χ0n) is 25.5. The Kier molecular flexibility index (Phi) is 10.5. The van der Waals surface area contributed by atoms with E-state index in [-0.39, 0.29) is 23.7 Å². The number of non-ortho nitro benzene ring substituents is 1. The highest BCUT2D eigenvalue weighted by molar-refractivity contribution is 8.00. The fourth-order valence-corrected chi connectivity index (χ4v) is 6.82. The molecule has 1 unspecified atom stereocenters. The summed E-state index contributed by atoms with van der Waals surface area (Å²) >= 11 is 2.54. The molecule has 1 aliphatic rings. The van der Waals surface area contributed by atoms with E-state index in [4.69, 9.17) is 9.47 Å². The van der Waals surface area contributed by atoms with Crippen molar-refractivity contribution in [1.82, 2.24) is 4.90 Å². The number of thiophene rings is 1. The molecule has 0 saturated heterocycles. The minimum atomic E-state index is -0.645. The summed E-state index contributed by atoms with van der Waals surface area (Å²) in [5, 5.41) is 16.4. The topological polar surface area (TPSA) is 157 Å². The molecule has 0 saturated carbocycles. The van der Waals surface area contributed by atoms with Crippen molar-refractivity contribution in [1.29, 1.82) is 0 Å². The molecular weight excluding hydrogens is 620 g/mol. The first-order chi connectivity index (χ1) is 21.3. The number of carbonyl (C=O) groups is 4. The van der Waals surface area contributed by atoms with Gasteiger partial charge in [-0.3, -0.25) is 19.7 Å². The van der Waals surface area contributed by atoms with Gasteiger partial charge in [0.2, 0.25) is 5.91 Å². The number of nitrogens with zero attached hydrogens (tertiary/aromatic N) is 2. The Bertz CT molecular complexity index is 1610. The van der Waals surface area contributed by atoms with Crippen molar-refractivity contribution in [2.45, 2.75) is 62.8 Å². The zero-order valence-corrected chi connectivity index (χ0v) is 27.1. The van der Waals surface area contributed by atoms with Crippen molar-refractivity contribution >= 4 is 63.4 Å². The summed E-state index contributed by atoms with van der Waals surface area (Å²) in [6, 6.07) is 12.3. The zero-order chi connectivity index (χ0) is 32.9. The summed E-state index contributed by atoms with van der Waals surface area (Å²) in [6.07, 6.45) is 0.441. The van der Waals surface area contributed by atoms with Crippen LogP contribution in [0.5, 0.6) is 0 Å². The third kappa shape index (κ3) is 8.39. The molecule has 1 aliphatic heterocycles. The van der Waals surface area contributed by atoms with Gasteiger partial charge in [-0.05, 0) is 69.5 Å². The fraction of sp³-hybridized carbons (Fsp3) is 0.355. The van der Waals surface area contributed by atoms with Gasteiger partial charge in [0.25, 0.3) is 11.6 Å². The van der Waals surface area contributed by atoms with Crippen LogP contribution in [0.25, 0.3) is 0 Å². The number of ether oxygens (including phenoxy) is 2. The molecule has 3 aromatic rings. The van der Waals surface area contributed by atoms with Gasteiger partial charge in [-0.1, -0.05) is 13.0 Å². The van der Waals surface area contributed by atoms with Crippen molar-refractivity contribution in [3.05, 3.63) is 80.2 Å². The highest BCUT2D eigenvalue weighted by Gasteiger charge is 2.33. The number of anilines is 2. The van der Waals surface area contributed by atoms with Gasteiger partial charge in [-0.25, -0.2) is 9.59 Å². The quantitative estimate of drug-likeness (QED) is 0.114. The molecule has 0 fully saturated rings. The van der Waals surface area contributed by atoms with E-state index < -0.39 is 33.7 Å². The summed E-state index contributed by atoms with van der Waals surface area (Å²) in [5.41, 5.74) is 1.04. The van der Waals surface area contributed by atoms with E-state index in [1.807, 2.05) is 13.0 Å². The third-order valence-electron chi connectivity index (χ3n) is 6.71. The first-order valence-electron chi connectivity index (χ1n) is 14.1. The number of nitrogens with one attached hydrogen (secondary N) is 2. The van der Waals surface area contributed by atoms with Gasteiger partial charge in [0, 0.05) is 39.7 Å². The fourth-order valence-electron chi connectivity index (χ4n) is 4.56. The first-order valence-corrected chi connectivity index (χ1v) is 15.8.